The minimum atomic E-state index is -4.41. The van der Waals surface area contributed by atoms with E-state index < -0.39 is 57.1 Å². The third kappa shape index (κ3) is 7.33. The Morgan fingerprint density at radius 3 is 2.48 bits per heavy atom. The first-order valence-corrected chi connectivity index (χ1v) is 17.2. The van der Waals surface area contributed by atoms with Crippen LogP contribution in [0.3, 0.4) is 0 Å². The normalized spacial score (nSPS) is 25.1. The third-order valence-electron chi connectivity index (χ3n) is 8.77. The lowest BCUT2D eigenvalue weighted by Crippen LogP contribution is -2.57. The van der Waals surface area contributed by atoms with E-state index in [-0.39, 0.29) is 25.3 Å². The van der Waals surface area contributed by atoms with Crippen LogP contribution in [-0.4, -0.2) is 78.8 Å². The van der Waals surface area contributed by atoms with Gasteiger partial charge in [-0.15, -0.1) is 0 Å². The summed E-state index contributed by atoms with van der Waals surface area (Å²) < 4.78 is 50.3. The topological polar surface area (TPSA) is 162 Å². The van der Waals surface area contributed by atoms with E-state index in [4.69, 9.17) is 18.4 Å². The van der Waals surface area contributed by atoms with Crippen molar-refractivity contribution < 1.29 is 41.2 Å². The van der Waals surface area contributed by atoms with Crippen molar-refractivity contribution in [2.45, 2.75) is 108 Å². The maximum absolute atomic E-state index is 13.9. The number of hydrogen-bond acceptors (Lipinski definition) is 10. The van der Waals surface area contributed by atoms with Crippen molar-refractivity contribution in [2.75, 3.05) is 13.7 Å². The molecule has 0 spiro atoms. The summed E-state index contributed by atoms with van der Waals surface area (Å²) in [6.07, 6.45) is 3.64. The first-order valence-electron chi connectivity index (χ1n) is 15.8. The summed E-state index contributed by atoms with van der Waals surface area (Å²) in [5.74, 6) is -0.751. The number of likely N-dealkylation sites (tertiary alicyclic amines) is 1. The molecule has 2 saturated carbocycles. The SMILES string of the molecule is CCCC1(OS(=O)(=O)NC(=O)[C@@]2(NC(=O)[C@@H]3C[C@@H](Oc4nccc5cc(OC)ccc45)CN3C(=O)OC(C)(C)C)C[C@H]2CC)CC1. The first-order chi connectivity index (χ1) is 21.6. The second-order valence-corrected chi connectivity index (χ2v) is 14.8. The zero-order chi connectivity index (χ0) is 33.5. The lowest BCUT2D eigenvalue weighted by molar-refractivity contribution is -0.132. The molecule has 1 aliphatic heterocycles. The first kappa shape index (κ1) is 33.7. The fraction of sp³-hybridized carbons (Fsp3) is 0.625. The van der Waals surface area contributed by atoms with Crippen LogP contribution >= 0.6 is 0 Å². The minimum absolute atomic E-state index is 0.0271. The van der Waals surface area contributed by atoms with Gasteiger partial charge in [0, 0.05) is 18.0 Å². The van der Waals surface area contributed by atoms with E-state index in [0.717, 1.165) is 17.2 Å². The quantitative estimate of drug-likeness (QED) is 0.340. The molecule has 4 atom stereocenters. The molecule has 2 N–H and O–H groups in total. The van der Waals surface area contributed by atoms with Crippen LogP contribution in [0.2, 0.25) is 0 Å². The number of nitrogens with zero attached hydrogens (tertiary/aromatic N) is 2. The fourth-order valence-electron chi connectivity index (χ4n) is 6.20. The molecule has 252 valence electrons. The Morgan fingerprint density at radius 1 is 1.13 bits per heavy atom. The van der Waals surface area contributed by atoms with Crippen molar-refractivity contribution in [1.29, 1.82) is 0 Å². The molecule has 1 aromatic heterocycles. The molecule has 1 saturated heterocycles. The van der Waals surface area contributed by atoms with E-state index in [0.29, 0.717) is 37.3 Å². The van der Waals surface area contributed by atoms with Crippen LogP contribution in [0.15, 0.2) is 30.5 Å². The Labute approximate surface area is 269 Å². The van der Waals surface area contributed by atoms with Gasteiger partial charge in [0.2, 0.25) is 11.8 Å². The predicted molar refractivity (Wildman–Crippen MR) is 168 cm³/mol. The van der Waals surface area contributed by atoms with Crippen molar-refractivity contribution in [2.24, 2.45) is 5.92 Å². The number of hydrogen-bond donors (Lipinski definition) is 2. The molecule has 3 amide bonds. The van der Waals surface area contributed by atoms with Crippen LogP contribution in [0.1, 0.15) is 79.6 Å². The molecule has 2 heterocycles. The van der Waals surface area contributed by atoms with E-state index in [1.165, 1.54) is 4.90 Å². The largest absolute Gasteiger partial charge is 0.497 e. The van der Waals surface area contributed by atoms with Crippen LogP contribution in [0.5, 0.6) is 11.6 Å². The Hall–Kier alpha value is -3.65. The van der Waals surface area contributed by atoms with Gasteiger partial charge in [0.25, 0.3) is 5.91 Å². The number of benzene rings is 1. The molecule has 3 aliphatic rings. The highest BCUT2D eigenvalue weighted by Crippen LogP contribution is 2.48. The van der Waals surface area contributed by atoms with Gasteiger partial charge in [0.1, 0.15) is 29.0 Å². The number of aromatic nitrogens is 1. The summed E-state index contributed by atoms with van der Waals surface area (Å²) >= 11 is 0. The number of methoxy groups -OCH3 is 1. The van der Waals surface area contributed by atoms with Crippen molar-refractivity contribution >= 4 is 39.0 Å². The average molecular weight is 661 g/mol. The van der Waals surface area contributed by atoms with Crippen molar-refractivity contribution in [3.8, 4) is 11.6 Å². The van der Waals surface area contributed by atoms with E-state index in [1.807, 2.05) is 32.0 Å². The summed E-state index contributed by atoms with van der Waals surface area (Å²) in [6.45, 7) is 8.99. The highest BCUT2D eigenvalue weighted by Gasteiger charge is 2.62. The van der Waals surface area contributed by atoms with Gasteiger partial charge < -0.3 is 19.5 Å². The molecular formula is C32H44N4O9S. The number of amides is 3. The molecule has 2 aliphatic carbocycles. The maximum Gasteiger partial charge on any atom is 0.411 e. The number of carbonyl (C=O) groups is 3. The molecule has 0 bridgehead atoms. The van der Waals surface area contributed by atoms with Gasteiger partial charge in [-0.2, -0.15) is 8.42 Å². The molecule has 1 aromatic carbocycles. The molecular weight excluding hydrogens is 616 g/mol. The number of ether oxygens (including phenoxy) is 3. The summed E-state index contributed by atoms with van der Waals surface area (Å²) in [5.41, 5.74) is -3.06. The van der Waals surface area contributed by atoms with Crippen LogP contribution in [0.25, 0.3) is 10.8 Å². The summed E-state index contributed by atoms with van der Waals surface area (Å²) in [4.78, 5) is 46.4. The van der Waals surface area contributed by atoms with Gasteiger partial charge in [-0.1, -0.05) is 26.7 Å². The Balaban J connectivity index is 1.34. The number of rotatable bonds is 12. The number of pyridine rings is 1. The zero-order valence-corrected chi connectivity index (χ0v) is 28.1. The van der Waals surface area contributed by atoms with E-state index in [1.54, 1.807) is 40.1 Å². The van der Waals surface area contributed by atoms with Crippen LogP contribution in [0.4, 0.5) is 4.79 Å². The van der Waals surface area contributed by atoms with Gasteiger partial charge in [-0.3, -0.25) is 14.5 Å². The maximum atomic E-state index is 13.9. The van der Waals surface area contributed by atoms with E-state index in [2.05, 4.69) is 15.0 Å². The molecule has 0 unspecified atom stereocenters. The van der Waals surface area contributed by atoms with Crippen molar-refractivity contribution in [3.05, 3.63) is 30.5 Å². The van der Waals surface area contributed by atoms with Crippen LogP contribution < -0.4 is 19.5 Å². The lowest BCUT2D eigenvalue weighted by Gasteiger charge is -2.29. The summed E-state index contributed by atoms with van der Waals surface area (Å²) in [7, 11) is -2.83. The highest BCUT2D eigenvalue weighted by atomic mass is 32.2. The summed E-state index contributed by atoms with van der Waals surface area (Å²) in [5, 5.41) is 4.38. The Morgan fingerprint density at radius 2 is 1.87 bits per heavy atom. The average Bonchev–Trinajstić information content (AvgIpc) is 3.85. The fourth-order valence-corrected chi connectivity index (χ4v) is 7.37. The second kappa shape index (κ2) is 12.5. The van der Waals surface area contributed by atoms with Crippen molar-refractivity contribution in [1.82, 2.24) is 19.9 Å². The standard InChI is InChI=1S/C32H44N4O9S/c1-7-12-31(13-14-31)45-46(40,41)35-28(38)32(18-21(32)8-2)34-26(37)25-17-23(19-36(25)29(39)44-30(3,4)5)43-27-24-10-9-22(42-6)16-20(24)11-15-33-27/h9-11,15-16,21,23,25H,7-8,12-14,17-19H2,1-6H3,(H,34,37)(H,35,38)/t21-,23-,25+,32-/m1/s1. The lowest BCUT2D eigenvalue weighted by atomic mass is 10.1. The van der Waals surface area contributed by atoms with Gasteiger partial charge in [-0.05, 0) is 82.0 Å². The second-order valence-electron chi connectivity index (χ2n) is 13.5. The van der Waals surface area contributed by atoms with Gasteiger partial charge in [0.05, 0.1) is 19.3 Å². The van der Waals surface area contributed by atoms with Crippen LogP contribution in [0, 0.1) is 5.92 Å². The monoisotopic (exact) mass is 660 g/mol. The third-order valence-corrected chi connectivity index (χ3v) is 9.78. The smallest absolute Gasteiger partial charge is 0.411 e. The molecule has 46 heavy (non-hydrogen) atoms. The Kier molecular flexibility index (Phi) is 9.17. The zero-order valence-electron chi connectivity index (χ0n) is 27.3. The van der Waals surface area contributed by atoms with E-state index in [9.17, 15) is 22.8 Å². The molecule has 3 fully saturated rings. The number of fused-ring (bicyclic) bond motifs is 1. The Bertz CT molecular complexity index is 1600. The molecule has 2 aromatic rings. The minimum Gasteiger partial charge on any atom is -0.497 e. The number of nitrogens with one attached hydrogen (secondary N) is 2. The van der Waals surface area contributed by atoms with Crippen LogP contribution in [-0.2, 0) is 28.8 Å². The van der Waals surface area contributed by atoms with Gasteiger partial charge >= 0.3 is 16.4 Å². The predicted octanol–water partition coefficient (Wildman–Crippen LogP) is 4.00. The van der Waals surface area contributed by atoms with Crippen molar-refractivity contribution in [3.63, 3.8) is 0 Å². The molecule has 13 nitrogen and oxygen atoms in total. The van der Waals surface area contributed by atoms with E-state index >= 15 is 0 Å². The van der Waals surface area contributed by atoms with Gasteiger partial charge in [0.15, 0.2) is 0 Å². The summed E-state index contributed by atoms with van der Waals surface area (Å²) in [6, 6.07) is 6.24. The highest BCUT2D eigenvalue weighted by molar-refractivity contribution is 7.85. The number of carbonyl (C=O) groups excluding carboxylic acids is 3. The van der Waals surface area contributed by atoms with Gasteiger partial charge in [-0.25, -0.2) is 18.7 Å². The molecule has 14 heteroatoms. The molecule has 0 radical (unpaired) electrons. The molecule has 5 rings (SSSR count).